The first-order valence-corrected chi connectivity index (χ1v) is 5.61. The van der Waals surface area contributed by atoms with E-state index in [0.29, 0.717) is 0 Å². The van der Waals surface area contributed by atoms with Gasteiger partial charge < -0.3 is 10.2 Å². The highest BCUT2D eigenvalue weighted by Gasteiger charge is 2.47. The van der Waals surface area contributed by atoms with Gasteiger partial charge in [0, 0.05) is 19.6 Å². The Kier molecular flexibility index (Phi) is 2.48. The molecule has 0 bridgehead atoms. The zero-order valence-corrected chi connectivity index (χ0v) is 9.47. The second-order valence-corrected chi connectivity index (χ2v) is 5.28. The van der Waals surface area contributed by atoms with Crippen LogP contribution in [0.25, 0.3) is 0 Å². The van der Waals surface area contributed by atoms with Gasteiger partial charge in [-0.05, 0) is 26.2 Å². The molecule has 0 aromatic carbocycles. The van der Waals surface area contributed by atoms with Gasteiger partial charge in [-0.1, -0.05) is 0 Å². The predicted molar refractivity (Wildman–Crippen MR) is 56.5 cm³/mol. The molecule has 1 aliphatic heterocycles. The molecule has 2 fully saturated rings. The fourth-order valence-corrected chi connectivity index (χ4v) is 2.14. The molecular weight excluding hydrogens is 200 g/mol. The number of halogens is 1. The smallest absolute Gasteiger partial charge is 0.239 e. The molecule has 0 aromatic heterocycles. The molecule has 0 spiro atoms. The fraction of sp³-hybridized carbons (Fsp3) is 0.900. The second-order valence-electron chi connectivity index (χ2n) is 4.52. The van der Waals surface area contributed by atoms with Gasteiger partial charge in [-0.15, -0.1) is 11.6 Å². The van der Waals surface area contributed by atoms with Gasteiger partial charge >= 0.3 is 0 Å². The number of amides is 1. The van der Waals surface area contributed by atoms with Crippen LogP contribution in [0.4, 0.5) is 0 Å². The normalized spacial score (nSPS) is 32.1. The molecule has 2 aliphatic rings. The Bertz CT molecular complexity index is 253. The Labute approximate surface area is 89.8 Å². The standard InChI is InChI=1S/C10H17ClN2O/c1-7(10(11)4-5-10)12-8-3-6-13(2)9(8)14/h7-8,12H,3-6H2,1-2H3. The Hall–Kier alpha value is -0.280. The summed E-state index contributed by atoms with van der Waals surface area (Å²) < 4.78 is 0. The zero-order valence-electron chi connectivity index (χ0n) is 8.72. The average molecular weight is 217 g/mol. The molecule has 1 N–H and O–H groups in total. The average Bonchev–Trinajstić information content (AvgIpc) is 2.83. The van der Waals surface area contributed by atoms with Gasteiger partial charge in [0.05, 0.1) is 10.9 Å². The minimum atomic E-state index is -0.0680. The molecule has 1 saturated heterocycles. The molecule has 2 unspecified atom stereocenters. The summed E-state index contributed by atoms with van der Waals surface area (Å²) >= 11 is 6.27. The van der Waals surface area contributed by atoms with E-state index in [-0.39, 0.29) is 22.9 Å². The number of carbonyl (C=O) groups is 1. The monoisotopic (exact) mass is 216 g/mol. The van der Waals surface area contributed by atoms with Gasteiger partial charge in [0.15, 0.2) is 0 Å². The van der Waals surface area contributed by atoms with Crippen LogP contribution >= 0.6 is 11.6 Å². The van der Waals surface area contributed by atoms with Crippen molar-refractivity contribution in [2.45, 2.75) is 43.1 Å². The number of likely N-dealkylation sites (tertiary alicyclic amines) is 1. The van der Waals surface area contributed by atoms with Crippen LogP contribution < -0.4 is 5.32 Å². The van der Waals surface area contributed by atoms with Crippen LogP contribution in [0.2, 0.25) is 0 Å². The molecule has 2 rings (SSSR count). The van der Waals surface area contributed by atoms with Gasteiger partial charge in [0.2, 0.25) is 5.91 Å². The summed E-state index contributed by atoms with van der Waals surface area (Å²) in [5, 5.41) is 3.34. The van der Waals surface area contributed by atoms with Crippen LogP contribution in [0.1, 0.15) is 26.2 Å². The first-order valence-electron chi connectivity index (χ1n) is 5.23. The second kappa shape index (κ2) is 3.38. The first kappa shape index (κ1) is 10.2. The number of alkyl halides is 1. The van der Waals surface area contributed by atoms with E-state index in [9.17, 15) is 4.79 Å². The van der Waals surface area contributed by atoms with Crippen LogP contribution in [0.5, 0.6) is 0 Å². The van der Waals surface area contributed by atoms with E-state index < -0.39 is 0 Å². The number of likely N-dealkylation sites (N-methyl/N-ethyl adjacent to an activating group) is 1. The summed E-state index contributed by atoms with van der Waals surface area (Å²) in [5.74, 6) is 0.206. The highest BCUT2D eigenvalue weighted by molar-refractivity contribution is 6.26. The predicted octanol–water partition coefficient (Wildman–Crippen LogP) is 0.967. The Morgan fingerprint density at radius 1 is 1.64 bits per heavy atom. The van der Waals surface area contributed by atoms with E-state index in [1.807, 2.05) is 7.05 Å². The van der Waals surface area contributed by atoms with Crippen LogP contribution in [0.15, 0.2) is 0 Å². The summed E-state index contributed by atoms with van der Waals surface area (Å²) in [6, 6.07) is 0.232. The summed E-state index contributed by atoms with van der Waals surface area (Å²) in [6.07, 6.45) is 3.05. The third kappa shape index (κ3) is 1.75. The van der Waals surface area contributed by atoms with Gasteiger partial charge in [-0.2, -0.15) is 0 Å². The number of hydrogen-bond acceptors (Lipinski definition) is 2. The van der Waals surface area contributed by atoms with E-state index in [0.717, 1.165) is 25.8 Å². The Balaban J connectivity index is 1.89. The molecule has 80 valence electrons. The molecule has 1 heterocycles. The van der Waals surface area contributed by atoms with Gasteiger partial charge in [0.25, 0.3) is 0 Å². The number of hydrogen-bond donors (Lipinski definition) is 1. The lowest BCUT2D eigenvalue weighted by Gasteiger charge is -2.22. The van der Waals surface area contributed by atoms with Gasteiger partial charge in [-0.3, -0.25) is 4.79 Å². The third-order valence-corrected chi connectivity index (χ3v) is 4.09. The molecular formula is C10H17ClN2O. The van der Waals surface area contributed by atoms with Crippen LogP contribution in [0, 0.1) is 0 Å². The van der Waals surface area contributed by atoms with Crippen molar-refractivity contribution in [1.29, 1.82) is 0 Å². The Morgan fingerprint density at radius 3 is 2.71 bits per heavy atom. The highest BCUT2D eigenvalue weighted by atomic mass is 35.5. The molecule has 2 atom stereocenters. The van der Waals surface area contributed by atoms with Crippen molar-refractivity contribution in [3.8, 4) is 0 Å². The third-order valence-electron chi connectivity index (χ3n) is 3.38. The lowest BCUT2D eigenvalue weighted by Crippen LogP contribution is -2.46. The number of nitrogens with zero attached hydrogens (tertiary/aromatic N) is 1. The highest BCUT2D eigenvalue weighted by Crippen LogP contribution is 2.45. The van der Waals surface area contributed by atoms with Gasteiger partial charge in [-0.25, -0.2) is 0 Å². The van der Waals surface area contributed by atoms with Crippen LogP contribution in [-0.2, 0) is 4.79 Å². The van der Waals surface area contributed by atoms with E-state index in [1.54, 1.807) is 4.90 Å². The van der Waals surface area contributed by atoms with Crippen molar-refractivity contribution >= 4 is 17.5 Å². The minimum Gasteiger partial charge on any atom is -0.344 e. The molecule has 1 saturated carbocycles. The first-order chi connectivity index (χ1) is 6.53. The molecule has 1 amide bonds. The van der Waals surface area contributed by atoms with Gasteiger partial charge in [0.1, 0.15) is 0 Å². The summed E-state index contributed by atoms with van der Waals surface area (Å²) in [6.45, 7) is 2.93. The molecule has 3 nitrogen and oxygen atoms in total. The van der Waals surface area contributed by atoms with Crippen LogP contribution in [-0.4, -0.2) is 41.4 Å². The van der Waals surface area contributed by atoms with Crippen molar-refractivity contribution in [3.63, 3.8) is 0 Å². The zero-order chi connectivity index (χ0) is 10.3. The number of nitrogens with one attached hydrogen (secondary N) is 1. The van der Waals surface area contributed by atoms with E-state index in [1.165, 1.54) is 0 Å². The van der Waals surface area contributed by atoms with Crippen molar-refractivity contribution in [1.82, 2.24) is 10.2 Å². The number of carbonyl (C=O) groups excluding carboxylic acids is 1. The minimum absolute atomic E-state index is 0.00813. The lowest BCUT2D eigenvalue weighted by molar-refractivity contribution is -0.128. The lowest BCUT2D eigenvalue weighted by atomic mass is 10.1. The molecule has 0 radical (unpaired) electrons. The molecule has 4 heteroatoms. The van der Waals surface area contributed by atoms with E-state index >= 15 is 0 Å². The van der Waals surface area contributed by atoms with Crippen LogP contribution in [0.3, 0.4) is 0 Å². The SMILES string of the molecule is CC(NC1CCN(C)C1=O)C1(Cl)CC1. The van der Waals surface area contributed by atoms with Crippen molar-refractivity contribution in [2.24, 2.45) is 0 Å². The maximum atomic E-state index is 11.6. The number of rotatable bonds is 3. The van der Waals surface area contributed by atoms with Crippen molar-refractivity contribution < 1.29 is 4.79 Å². The fourth-order valence-electron chi connectivity index (χ4n) is 1.98. The maximum absolute atomic E-state index is 11.6. The quantitative estimate of drug-likeness (QED) is 0.713. The van der Waals surface area contributed by atoms with Crippen molar-refractivity contribution in [3.05, 3.63) is 0 Å². The van der Waals surface area contributed by atoms with E-state index in [4.69, 9.17) is 11.6 Å². The summed E-state index contributed by atoms with van der Waals surface area (Å²) in [7, 11) is 1.85. The Morgan fingerprint density at radius 2 is 2.29 bits per heavy atom. The van der Waals surface area contributed by atoms with Crippen molar-refractivity contribution in [2.75, 3.05) is 13.6 Å². The molecule has 0 aromatic rings. The summed E-state index contributed by atoms with van der Waals surface area (Å²) in [4.78, 5) is 13.3. The largest absolute Gasteiger partial charge is 0.344 e. The topological polar surface area (TPSA) is 32.3 Å². The molecule has 14 heavy (non-hydrogen) atoms. The summed E-state index contributed by atoms with van der Waals surface area (Å²) in [5.41, 5.74) is 0. The van der Waals surface area contributed by atoms with E-state index in [2.05, 4.69) is 12.2 Å². The maximum Gasteiger partial charge on any atom is 0.239 e. The molecule has 1 aliphatic carbocycles.